The first-order chi connectivity index (χ1) is 10.3. The molecule has 0 amide bonds. The fraction of sp³-hybridized carbons (Fsp3) is 0.556. The molecule has 0 aliphatic carbocycles. The van der Waals surface area contributed by atoms with Gasteiger partial charge in [0, 0.05) is 45.0 Å². The van der Waals surface area contributed by atoms with Gasteiger partial charge in [0.15, 0.2) is 0 Å². The molecule has 0 N–H and O–H groups in total. The van der Waals surface area contributed by atoms with Crippen molar-refractivity contribution in [3.63, 3.8) is 0 Å². The summed E-state index contributed by atoms with van der Waals surface area (Å²) in [6.07, 6.45) is 5.34. The van der Waals surface area contributed by atoms with E-state index in [1.54, 1.807) is 0 Å². The molecule has 1 aromatic carbocycles. The SMILES string of the molecule is C/C=C/CC.SCCN1CCN(Cc2ccccc2)CC1. The Morgan fingerprint density at radius 2 is 1.67 bits per heavy atom. The summed E-state index contributed by atoms with van der Waals surface area (Å²) in [4.78, 5) is 5.03. The lowest BCUT2D eigenvalue weighted by molar-refractivity contribution is 0.133. The van der Waals surface area contributed by atoms with Gasteiger partial charge >= 0.3 is 0 Å². The summed E-state index contributed by atoms with van der Waals surface area (Å²) in [6.45, 7) is 11.1. The Balaban J connectivity index is 0.000000383. The highest BCUT2D eigenvalue weighted by atomic mass is 32.1. The van der Waals surface area contributed by atoms with Crippen molar-refractivity contribution in [1.29, 1.82) is 0 Å². The van der Waals surface area contributed by atoms with Crippen molar-refractivity contribution in [1.82, 2.24) is 9.80 Å². The van der Waals surface area contributed by atoms with E-state index >= 15 is 0 Å². The van der Waals surface area contributed by atoms with Crippen molar-refractivity contribution in [2.45, 2.75) is 26.8 Å². The highest BCUT2D eigenvalue weighted by Crippen LogP contribution is 2.08. The number of piperazine rings is 1. The molecular formula is C18H30N2S. The van der Waals surface area contributed by atoms with Gasteiger partial charge in [-0.15, -0.1) is 0 Å². The molecule has 21 heavy (non-hydrogen) atoms. The predicted octanol–water partition coefficient (Wildman–Crippen LogP) is 3.71. The Bertz CT molecular complexity index is 370. The largest absolute Gasteiger partial charge is 0.300 e. The van der Waals surface area contributed by atoms with Gasteiger partial charge in [0.05, 0.1) is 0 Å². The predicted molar refractivity (Wildman–Crippen MR) is 97.1 cm³/mol. The molecule has 1 aromatic rings. The number of thiol groups is 1. The molecule has 0 unspecified atom stereocenters. The molecule has 0 spiro atoms. The molecule has 0 saturated carbocycles. The number of hydrogen-bond donors (Lipinski definition) is 1. The Kier molecular flexibility index (Phi) is 10.3. The van der Waals surface area contributed by atoms with Gasteiger partial charge in [-0.1, -0.05) is 49.4 Å². The number of nitrogens with zero attached hydrogens (tertiary/aromatic N) is 2. The van der Waals surface area contributed by atoms with Crippen LogP contribution in [0.15, 0.2) is 42.5 Å². The zero-order valence-corrected chi connectivity index (χ0v) is 14.4. The van der Waals surface area contributed by atoms with Crippen LogP contribution in [-0.2, 0) is 6.54 Å². The van der Waals surface area contributed by atoms with Gasteiger partial charge in [-0.25, -0.2) is 0 Å². The minimum absolute atomic E-state index is 0.971. The van der Waals surface area contributed by atoms with Crippen LogP contribution in [0.25, 0.3) is 0 Å². The average molecular weight is 307 g/mol. The summed E-state index contributed by atoms with van der Waals surface area (Å²) in [7, 11) is 0. The van der Waals surface area contributed by atoms with Crippen LogP contribution in [0.1, 0.15) is 25.8 Å². The van der Waals surface area contributed by atoms with Gasteiger partial charge in [-0.2, -0.15) is 12.6 Å². The van der Waals surface area contributed by atoms with Crippen molar-refractivity contribution >= 4 is 12.6 Å². The van der Waals surface area contributed by atoms with Crippen molar-refractivity contribution in [2.24, 2.45) is 0 Å². The van der Waals surface area contributed by atoms with Crippen molar-refractivity contribution in [3.05, 3.63) is 48.0 Å². The van der Waals surface area contributed by atoms with Crippen LogP contribution in [0.2, 0.25) is 0 Å². The van der Waals surface area contributed by atoms with E-state index in [0.29, 0.717) is 0 Å². The molecule has 2 rings (SSSR count). The Hall–Kier alpha value is -0.770. The normalized spacial score (nSPS) is 16.7. The van der Waals surface area contributed by atoms with E-state index in [-0.39, 0.29) is 0 Å². The lowest BCUT2D eigenvalue weighted by Gasteiger charge is -2.34. The molecule has 2 nitrogen and oxygen atoms in total. The third-order valence-electron chi connectivity index (χ3n) is 3.60. The number of benzene rings is 1. The maximum Gasteiger partial charge on any atom is 0.0234 e. The Labute approximate surface area is 136 Å². The van der Waals surface area contributed by atoms with Crippen molar-refractivity contribution in [2.75, 3.05) is 38.5 Å². The summed E-state index contributed by atoms with van der Waals surface area (Å²) in [5.74, 6) is 0.971. The topological polar surface area (TPSA) is 6.48 Å². The molecular weight excluding hydrogens is 276 g/mol. The number of rotatable bonds is 5. The quantitative estimate of drug-likeness (QED) is 0.654. The fourth-order valence-electron chi connectivity index (χ4n) is 2.39. The first-order valence-corrected chi connectivity index (χ1v) is 8.64. The zero-order valence-electron chi connectivity index (χ0n) is 13.5. The molecule has 1 fully saturated rings. The lowest BCUT2D eigenvalue weighted by Crippen LogP contribution is -2.46. The van der Waals surface area contributed by atoms with Crippen molar-refractivity contribution < 1.29 is 0 Å². The van der Waals surface area contributed by atoms with E-state index in [2.05, 4.69) is 71.8 Å². The lowest BCUT2D eigenvalue weighted by atomic mass is 10.2. The second-order valence-corrected chi connectivity index (χ2v) is 5.75. The van der Waals surface area contributed by atoms with E-state index in [1.807, 2.05) is 6.92 Å². The van der Waals surface area contributed by atoms with Crippen LogP contribution in [0.5, 0.6) is 0 Å². The molecule has 118 valence electrons. The van der Waals surface area contributed by atoms with E-state index in [1.165, 1.54) is 31.7 Å². The summed E-state index contributed by atoms with van der Waals surface area (Å²) in [6, 6.07) is 10.7. The van der Waals surface area contributed by atoms with Gasteiger partial charge in [0.1, 0.15) is 0 Å². The Morgan fingerprint density at radius 1 is 1.05 bits per heavy atom. The number of hydrogen-bond acceptors (Lipinski definition) is 3. The van der Waals surface area contributed by atoms with Crippen LogP contribution >= 0.6 is 12.6 Å². The molecule has 1 aliphatic heterocycles. The van der Waals surface area contributed by atoms with Gasteiger partial charge in [-0.3, -0.25) is 9.80 Å². The first kappa shape index (κ1) is 18.3. The second kappa shape index (κ2) is 11.8. The first-order valence-electron chi connectivity index (χ1n) is 8.00. The molecule has 0 bridgehead atoms. The van der Waals surface area contributed by atoms with Gasteiger partial charge in [0.25, 0.3) is 0 Å². The fourth-order valence-corrected chi connectivity index (χ4v) is 2.67. The third kappa shape index (κ3) is 8.30. The Morgan fingerprint density at radius 3 is 2.14 bits per heavy atom. The zero-order chi connectivity index (χ0) is 15.3. The molecule has 1 heterocycles. The van der Waals surface area contributed by atoms with E-state index in [9.17, 15) is 0 Å². The highest BCUT2D eigenvalue weighted by molar-refractivity contribution is 7.80. The van der Waals surface area contributed by atoms with E-state index in [0.717, 1.165) is 25.3 Å². The van der Waals surface area contributed by atoms with Crippen LogP contribution < -0.4 is 0 Å². The third-order valence-corrected chi connectivity index (χ3v) is 3.80. The summed E-state index contributed by atoms with van der Waals surface area (Å²) >= 11 is 4.28. The molecule has 1 saturated heterocycles. The maximum atomic E-state index is 4.28. The molecule has 1 aliphatic rings. The maximum absolute atomic E-state index is 4.28. The van der Waals surface area contributed by atoms with Crippen LogP contribution in [-0.4, -0.2) is 48.3 Å². The summed E-state index contributed by atoms with van der Waals surface area (Å²) in [5.41, 5.74) is 1.42. The van der Waals surface area contributed by atoms with Crippen LogP contribution in [0.4, 0.5) is 0 Å². The number of allylic oxidation sites excluding steroid dienone is 2. The smallest absolute Gasteiger partial charge is 0.0234 e. The highest BCUT2D eigenvalue weighted by Gasteiger charge is 2.15. The standard InChI is InChI=1S/C13H20N2S.C5H10/c16-11-10-14-6-8-15(9-7-14)12-13-4-2-1-3-5-13;1-3-5-4-2/h1-5,16H,6-12H2;3,5H,4H2,1-2H3/b;5-3+. The molecule has 0 atom stereocenters. The van der Waals surface area contributed by atoms with Gasteiger partial charge in [0.2, 0.25) is 0 Å². The van der Waals surface area contributed by atoms with Gasteiger partial charge < -0.3 is 0 Å². The minimum atomic E-state index is 0.971. The van der Waals surface area contributed by atoms with E-state index < -0.39 is 0 Å². The average Bonchev–Trinajstić information content (AvgIpc) is 2.52. The van der Waals surface area contributed by atoms with E-state index in [4.69, 9.17) is 0 Å². The molecule has 3 heteroatoms. The summed E-state index contributed by atoms with van der Waals surface area (Å²) in [5, 5.41) is 0. The molecule has 0 aromatic heterocycles. The summed E-state index contributed by atoms with van der Waals surface area (Å²) < 4.78 is 0. The second-order valence-electron chi connectivity index (χ2n) is 5.30. The van der Waals surface area contributed by atoms with Crippen LogP contribution in [0.3, 0.4) is 0 Å². The molecule has 0 radical (unpaired) electrons. The minimum Gasteiger partial charge on any atom is -0.300 e. The van der Waals surface area contributed by atoms with Gasteiger partial charge in [-0.05, 0) is 18.9 Å². The van der Waals surface area contributed by atoms with Crippen LogP contribution in [0, 0.1) is 0 Å². The monoisotopic (exact) mass is 306 g/mol. The van der Waals surface area contributed by atoms with Crippen molar-refractivity contribution in [3.8, 4) is 0 Å².